The molecule has 0 amide bonds. The Morgan fingerprint density at radius 2 is 2.11 bits per heavy atom. The van der Waals surface area contributed by atoms with Crippen LogP contribution in [0.25, 0.3) is 0 Å². The third kappa shape index (κ3) is 5.36. The highest BCUT2D eigenvalue weighted by molar-refractivity contribution is 6.31. The zero-order valence-electron chi connectivity index (χ0n) is 10.3. The molecule has 0 aliphatic carbocycles. The van der Waals surface area contributed by atoms with Crippen LogP contribution in [0.4, 0.5) is 13.2 Å². The van der Waals surface area contributed by atoms with Crippen LogP contribution in [0.2, 0.25) is 5.02 Å². The molecule has 1 rings (SSSR count). The van der Waals surface area contributed by atoms with Gasteiger partial charge < -0.3 is 15.2 Å². The molecule has 1 aromatic carbocycles. The largest absolute Gasteiger partial charge is 0.417 e. The van der Waals surface area contributed by atoms with Gasteiger partial charge in [-0.3, -0.25) is 0 Å². The number of ether oxygens (including phenoxy) is 1. The van der Waals surface area contributed by atoms with Crippen molar-refractivity contribution in [1.82, 2.24) is 5.32 Å². The molecule has 0 saturated carbocycles. The lowest BCUT2D eigenvalue weighted by Crippen LogP contribution is -2.29. The van der Waals surface area contributed by atoms with Gasteiger partial charge in [0.25, 0.3) is 0 Å². The van der Waals surface area contributed by atoms with Crippen molar-refractivity contribution in [1.29, 1.82) is 0 Å². The molecule has 0 aliphatic heterocycles. The minimum atomic E-state index is -4.47. The number of benzene rings is 1. The number of aliphatic hydroxyl groups is 1. The van der Waals surface area contributed by atoms with Gasteiger partial charge in [0.05, 0.1) is 23.3 Å². The third-order valence-corrected chi connectivity index (χ3v) is 2.73. The zero-order valence-corrected chi connectivity index (χ0v) is 11.1. The number of halogens is 4. The first kappa shape index (κ1) is 16.2. The SMILES string of the molecule is COCC(O)CNCc1ccc(Cl)c(C(F)(F)F)c1. The van der Waals surface area contributed by atoms with Crippen molar-refractivity contribution >= 4 is 11.6 Å². The topological polar surface area (TPSA) is 41.5 Å². The Hall–Kier alpha value is -0.820. The Balaban J connectivity index is 2.60. The number of rotatable bonds is 6. The fourth-order valence-electron chi connectivity index (χ4n) is 1.53. The summed E-state index contributed by atoms with van der Waals surface area (Å²) >= 11 is 5.51. The molecule has 2 N–H and O–H groups in total. The lowest BCUT2D eigenvalue weighted by Gasteiger charge is -2.13. The lowest BCUT2D eigenvalue weighted by atomic mass is 10.1. The quantitative estimate of drug-likeness (QED) is 0.847. The fourth-order valence-corrected chi connectivity index (χ4v) is 1.76. The molecule has 0 saturated heterocycles. The Labute approximate surface area is 114 Å². The molecule has 0 radical (unpaired) electrons. The summed E-state index contributed by atoms with van der Waals surface area (Å²) in [6.07, 6.45) is -5.16. The first-order valence-corrected chi connectivity index (χ1v) is 5.95. The van der Waals surface area contributed by atoms with E-state index in [1.807, 2.05) is 0 Å². The molecule has 0 spiro atoms. The van der Waals surface area contributed by atoms with Crippen LogP contribution >= 0.6 is 11.6 Å². The van der Waals surface area contributed by atoms with E-state index in [-0.39, 0.29) is 24.7 Å². The van der Waals surface area contributed by atoms with Gasteiger partial charge in [-0.1, -0.05) is 17.7 Å². The number of nitrogens with one attached hydrogen (secondary N) is 1. The molecular weight excluding hydrogens is 283 g/mol. The van der Waals surface area contributed by atoms with E-state index in [9.17, 15) is 18.3 Å². The molecule has 19 heavy (non-hydrogen) atoms. The highest BCUT2D eigenvalue weighted by atomic mass is 35.5. The summed E-state index contributed by atoms with van der Waals surface area (Å²) < 4.78 is 42.6. The van der Waals surface area contributed by atoms with Crippen molar-refractivity contribution in [3.05, 3.63) is 34.3 Å². The monoisotopic (exact) mass is 297 g/mol. The second-order valence-electron chi connectivity index (χ2n) is 4.05. The second kappa shape index (κ2) is 7.09. The Kier molecular flexibility index (Phi) is 6.06. The van der Waals surface area contributed by atoms with E-state index in [1.54, 1.807) is 0 Å². The van der Waals surface area contributed by atoms with Gasteiger partial charge in [-0.15, -0.1) is 0 Å². The first-order chi connectivity index (χ1) is 8.84. The highest BCUT2D eigenvalue weighted by Gasteiger charge is 2.33. The van der Waals surface area contributed by atoms with Crippen molar-refractivity contribution in [3.8, 4) is 0 Å². The van der Waals surface area contributed by atoms with Crippen molar-refractivity contribution in [2.45, 2.75) is 18.8 Å². The Morgan fingerprint density at radius 1 is 1.42 bits per heavy atom. The normalized spacial score (nSPS) is 13.6. The molecule has 108 valence electrons. The smallest absolute Gasteiger partial charge is 0.389 e. The number of alkyl halides is 3. The zero-order chi connectivity index (χ0) is 14.5. The van der Waals surface area contributed by atoms with Gasteiger partial charge in [-0.25, -0.2) is 0 Å². The van der Waals surface area contributed by atoms with E-state index in [0.29, 0.717) is 5.56 Å². The van der Waals surface area contributed by atoms with Crippen LogP contribution in [0.15, 0.2) is 18.2 Å². The second-order valence-corrected chi connectivity index (χ2v) is 4.46. The molecule has 0 aliphatic rings. The van der Waals surface area contributed by atoms with Crippen LogP contribution in [-0.2, 0) is 17.5 Å². The maximum Gasteiger partial charge on any atom is 0.417 e. The summed E-state index contributed by atoms with van der Waals surface area (Å²) in [7, 11) is 1.46. The molecule has 1 aromatic rings. The van der Waals surface area contributed by atoms with Crippen LogP contribution in [-0.4, -0.2) is 31.5 Å². The number of hydrogen-bond donors (Lipinski definition) is 2. The van der Waals surface area contributed by atoms with Crippen LogP contribution in [0, 0.1) is 0 Å². The van der Waals surface area contributed by atoms with Gasteiger partial charge >= 0.3 is 6.18 Å². The Morgan fingerprint density at radius 3 is 2.68 bits per heavy atom. The summed E-state index contributed by atoms with van der Waals surface area (Å²) in [5.41, 5.74) is -0.410. The molecular formula is C12H15ClF3NO2. The first-order valence-electron chi connectivity index (χ1n) is 5.58. The standard InChI is InChI=1S/C12H15ClF3NO2/c1-19-7-9(18)6-17-5-8-2-3-11(13)10(4-8)12(14,15)16/h2-4,9,17-18H,5-7H2,1H3. The number of methoxy groups -OCH3 is 1. The Bertz CT molecular complexity index is 412. The fraction of sp³-hybridized carbons (Fsp3) is 0.500. The molecule has 0 aromatic heterocycles. The van der Waals surface area contributed by atoms with Gasteiger partial charge in [0.15, 0.2) is 0 Å². The van der Waals surface area contributed by atoms with Crippen LogP contribution in [0.3, 0.4) is 0 Å². The van der Waals surface area contributed by atoms with E-state index in [1.165, 1.54) is 19.2 Å². The van der Waals surface area contributed by atoms with Gasteiger partial charge in [-0.2, -0.15) is 13.2 Å². The lowest BCUT2D eigenvalue weighted by molar-refractivity contribution is -0.137. The van der Waals surface area contributed by atoms with E-state index < -0.39 is 17.8 Å². The number of hydrogen-bond acceptors (Lipinski definition) is 3. The van der Waals surface area contributed by atoms with E-state index in [2.05, 4.69) is 5.32 Å². The van der Waals surface area contributed by atoms with Gasteiger partial charge in [0, 0.05) is 20.2 Å². The van der Waals surface area contributed by atoms with Crippen molar-refractivity contribution < 1.29 is 23.0 Å². The molecule has 0 bridgehead atoms. The van der Waals surface area contributed by atoms with E-state index in [4.69, 9.17) is 16.3 Å². The minimum absolute atomic E-state index is 0.168. The van der Waals surface area contributed by atoms with E-state index in [0.717, 1.165) is 6.07 Å². The number of aliphatic hydroxyl groups excluding tert-OH is 1. The van der Waals surface area contributed by atoms with Gasteiger partial charge in [-0.05, 0) is 17.7 Å². The summed E-state index contributed by atoms with van der Waals surface area (Å²) in [6.45, 7) is 0.611. The minimum Gasteiger partial charge on any atom is -0.389 e. The van der Waals surface area contributed by atoms with Crippen molar-refractivity contribution in [2.75, 3.05) is 20.3 Å². The van der Waals surface area contributed by atoms with Crippen molar-refractivity contribution in [2.24, 2.45) is 0 Å². The van der Waals surface area contributed by atoms with Crippen LogP contribution in [0.5, 0.6) is 0 Å². The summed E-state index contributed by atoms with van der Waals surface area (Å²) in [5.74, 6) is 0. The van der Waals surface area contributed by atoms with Gasteiger partial charge in [0.2, 0.25) is 0 Å². The molecule has 1 unspecified atom stereocenters. The predicted molar refractivity (Wildman–Crippen MR) is 66.0 cm³/mol. The molecule has 1 atom stereocenters. The van der Waals surface area contributed by atoms with Gasteiger partial charge in [0.1, 0.15) is 0 Å². The summed E-state index contributed by atoms with van der Waals surface area (Å²) in [4.78, 5) is 0. The van der Waals surface area contributed by atoms with Crippen molar-refractivity contribution in [3.63, 3.8) is 0 Å². The van der Waals surface area contributed by atoms with E-state index >= 15 is 0 Å². The molecule has 0 heterocycles. The molecule has 7 heteroatoms. The van der Waals surface area contributed by atoms with Crippen LogP contribution < -0.4 is 5.32 Å². The molecule has 0 fully saturated rings. The maximum absolute atomic E-state index is 12.6. The van der Waals surface area contributed by atoms with Crippen LogP contribution in [0.1, 0.15) is 11.1 Å². The average molecular weight is 298 g/mol. The molecule has 3 nitrogen and oxygen atoms in total. The summed E-state index contributed by atoms with van der Waals surface area (Å²) in [6, 6.07) is 3.72. The third-order valence-electron chi connectivity index (χ3n) is 2.40. The predicted octanol–water partition coefficient (Wildman–Crippen LogP) is 2.46. The highest BCUT2D eigenvalue weighted by Crippen LogP contribution is 2.35. The maximum atomic E-state index is 12.6. The summed E-state index contributed by atoms with van der Waals surface area (Å²) in [5, 5.41) is 11.9. The average Bonchev–Trinajstić information content (AvgIpc) is 2.30.